The molecular weight excluding hydrogens is 374 g/mol. The monoisotopic (exact) mass is 403 g/mol. The summed E-state index contributed by atoms with van der Waals surface area (Å²) in [7, 11) is 1.15. The smallest absolute Gasteiger partial charge is 0.339 e. The van der Waals surface area contributed by atoms with Gasteiger partial charge in [-0.3, -0.25) is 14.4 Å². The van der Waals surface area contributed by atoms with Gasteiger partial charge >= 0.3 is 17.9 Å². The molecule has 1 saturated heterocycles. The van der Waals surface area contributed by atoms with E-state index in [1.807, 2.05) is 13.8 Å². The molecule has 1 aliphatic rings. The summed E-state index contributed by atoms with van der Waals surface area (Å²) in [5, 5.41) is 2.61. The van der Waals surface area contributed by atoms with Gasteiger partial charge in [-0.05, 0) is 12.8 Å². The summed E-state index contributed by atoms with van der Waals surface area (Å²) in [4.78, 5) is 47.3. The van der Waals surface area contributed by atoms with Crippen LogP contribution in [0.4, 0.5) is 0 Å². The van der Waals surface area contributed by atoms with Crippen LogP contribution >= 0.6 is 0 Å². The van der Waals surface area contributed by atoms with Crippen LogP contribution in [0.2, 0.25) is 0 Å². The van der Waals surface area contributed by atoms with Crippen LogP contribution in [-0.2, 0) is 42.9 Å². The predicted octanol–water partition coefficient (Wildman–Crippen LogP) is 0.458. The molecule has 1 fully saturated rings. The Hall–Kier alpha value is -2.20. The summed E-state index contributed by atoms with van der Waals surface area (Å²) in [6, 6.07) is -1.01. The molecule has 0 spiro atoms. The van der Waals surface area contributed by atoms with Gasteiger partial charge in [-0.15, -0.1) is 0 Å². The molecule has 1 aliphatic heterocycles. The zero-order valence-corrected chi connectivity index (χ0v) is 17.1. The van der Waals surface area contributed by atoms with Gasteiger partial charge in [-0.2, -0.15) is 0 Å². The average molecular weight is 403 g/mol. The summed E-state index contributed by atoms with van der Waals surface area (Å²) in [5.41, 5.74) is 0. The lowest BCUT2D eigenvalue weighted by Gasteiger charge is -2.44. The maximum Gasteiger partial charge on any atom is 0.339 e. The van der Waals surface area contributed by atoms with Crippen LogP contribution in [0.3, 0.4) is 0 Å². The van der Waals surface area contributed by atoms with E-state index in [-0.39, 0.29) is 6.10 Å². The summed E-state index contributed by atoms with van der Waals surface area (Å²) in [5.74, 6) is -2.69. The maximum absolute atomic E-state index is 12.3. The highest BCUT2D eigenvalue weighted by Gasteiger charge is 2.54. The van der Waals surface area contributed by atoms with Gasteiger partial charge in [0, 0.05) is 20.8 Å². The SMILES string of the molecule is CCC(CC)O[C@@H]1O[C@H](C(=O)OC)[C@@H](OC(C)=O)[C@H](OC(C)=O)[C@H]1NC(C)=O. The van der Waals surface area contributed by atoms with Crippen LogP contribution in [0.25, 0.3) is 0 Å². The van der Waals surface area contributed by atoms with E-state index in [1.165, 1.54) is 6.92 Å². The third-order valence-corrected chi connectivity index (χ3v) is 4.19. The van der Waals surface area contributed by atoms with Gasteiger partial charge in [0.1, 0.15) is 6.04 Å². The Morgan fingerprint density at radius 3 is 1.93 bits per heavy atom. The van der Waals surface area contributed by atoms with Crippen molar-refractivity contribution < 1.29 is 42.9 Å². The highest BCUT2D eigenvalue weighted by Crippen LogP contribution is 2.29. The van der Waals surface area contributed by atoms with E-state index in [9.17, 15) is 19.2 Å². The van der Waals surface area contributed by atoms with Gasteiger partial charge in [0.15, 0.2) is 24.6 Å². The molecule has 0 unspecified atom stereocenters. The van der Waals surface area contributed by atoms with Crippen molar-refractivity contribution in [2.75, 3.05) is 7.11 Å². The molecule has 0 bridgehead atoms. The lowest BCUT2D eigenvalue weighted by molar-refractivity contribution is -0.281. The molecule has 0 aromatic heterocycles. The number of methoxy groups -OCH3 is 1. The molecule has 1 amide bonds. The number of ether oxygens (including phenoxy) is 5. The van der Waals surface area contributed by atoms with Crippen LogP contribution in [0.5, 0.6) is 0 Å². The molecule has 0 radical (unpaired) electrons. The van der Waals surface area contributed by atoms with Gasteiger partial charge in [-0.25, -0.2) is 4.79 Å². The summed E-state index contributed by atoms with van der Waals surface area (Å²) >= 11 is 0. The Bertz CT molecular complexity index is 575. The van der Waals surface area contributed by atoms with Crippen LogP contribution < -0.4 is 5.32 Å². The van der Waals surface area contributed by atoms with Crippen LogP contribution in [0.1, 0.15) is 47.5 Å². The molecule has 5 atom stereocenters. The molecule has 1 N–H and O–H groups in total. The van der Waals surface area contributed by atoms with Crippen molar-refractivity contribution in [3.8, 4) is 0 Å². The van der Waals surface area contributed by atoms with E-state index in [2.05, 4.69) is 5.32 Å². The number of nitrogens with one attached hydrogen (secondary N) is 1. The number of hydrogen-bond donors (Lipinski definition) is 1. The molecule has 160 valence electrons. The van der Waals surface area contributed by atoms with Crippen molar-refractivity contribution >= 4 is 23.8 Å². The fraction of sp³-hybridized carbons (Fsp3) is 0.778. The molecule has 0 aromatic carbocycles. The normalized spacial score (nSPS) is 27.0. The molecule has 0 aromatic rings. The van der Waals surface area contributed by atoms with Crippen molar-refractivity contribution in [1.82, 2.24) is 5.32 Å². The van der Waals surface area contributed by atoms with Crippen molar-refractivity contribution in [3.63, 3.8) is 0 Å². The first-order valence-corrected chi connectivity index (χ1v) is 9.14. The van der Waals surface area contributed by atoms with Gasteiger partial charge < -0.3 is 29.0 Å². The molecule has 1 rings (SSSR count). The lowest BCUT2D eigenvalue weighted by atomic mass is 9.95. The zero-order valence-electron chi connectivity index (χ0n) is 17.1. The van der Waals surface area contributed by atoms with Crippen molar-refractivity contribution in [2.45, 2.75) is 84.2 Å². The zero-order chi connectivity index (χ0) is 21.4. The van der Waals surface area contributed by atoms with E-state index >= 15 is 0 Å². The van der Waals surface area contributed by atoms with E-state index in [4.69, 9.17) is 23.7 Å². The van der Waals surface area contributed by atoms with Gasteiger partial charge in [0.25, 0.3) is 0 Å². The number of carbonyl (C=O) groups is 4. The van der Waals surface area contributed by atoms with Crippen molar-refractivity contribution in [3.05, 3.63) is 0 Å². The summed E-state index contributed by atoms with van der Waals surface area (Å²) < 4.78 is 26.9. The fourth-order valence-electron chi connectivity index (χ4n) is 2.97. The number of hydrogen-bond acceptors (Lipinski definition) is 9. The lowest BCUT2D eigenvalue weighted by Crippen LogP contribution is -2.67. The molecule has 0 aliphatic carbocycles. The van der Waals surface area contributed by atoms with Crippen LogP contribution in [0.15, 0.2) is 0 Å². The Balaban J connectivity index is 3.38. The van der Waals surface area contributed by atoms with Crippen molar-refractivity contribution in [2.24, 2.45) is 0 Å². The molecular formula is C18H29NO9. The van der Waals surface area contributed by atoms with Crippen LogP contribution in [0, 0.1) is 0 Å². The molecule has 1 heterocycles. The van der Waals surface area contributed by atoms with Crippen LogP contribution in [-0.4, -0.2) is 67.7 Å². The first kappa shape index (κ1) is 23.8. The molecule has 0 saturated carbocycles. The average Bonchev–Trinajstić information content (AvgIpc) is 2.61. The standard InChI is InChI=1S/C18H29NO9/c1-7-12(8-2)27-18-13(19-9(3)20)14(25-10(4)21)15(26-11(5)22)16(28-18)17(23)24-6/h12-16,18H,7-8H2,1-6H3,(H,19,20)/t13-,14-,15+,16+,18-/m1/s1. The second-order valence-electron chi connectivity index (χ2n) is 6.40. The predicted molar refractivity (Wildman–Crippen MR) is 94.8 cm³/mol. The topological polar surface area (TPSA) is 126 Å². The molecule has 10 nitrogen and oxygen atoms in total. The fourth-order valence-corrected chi connectivity index (χ4v) is 2.97. The Labute approximate surface area is 164 Å². The van der Waals surface area contributed by atoms with E-state index in [0.29, 0.717) is 12.8 Å². The maximum atomic E-state index is 12.3. The summed E-state index contributed by atoms with van der Waals surface area (Å²) in [6.07, 6.45) is -4.01. The Morgan fingerprint density at radius 1 is 0.964 bits per heavy atom. The Morgan fingerprint density at radius 2 is 1.50 bits per heavy atom. The number of carbonyl (C=O) groups excluding carboxylic acids is 4. The quantitative estimate of drug-likeness (QED) is 0.454. The van der Waals surface area contributed by atoms with E-state index < -0.39 is 54.5 Å². The third kappa shape index (κ3) is 6.45. The molecule has 28 heavy (non-hydrogen) atoms. The first-order valence-electron chi connectivity index (χ1n) is 9.14. The van der Waals surface area contributed by atoms with Gasteiger partial charge in [0.05, 0.1) is 13.2 Å². The number of esters is 3. The number of amides is 1. The largest absolute Gasteiger partial charge is 0.467 e. The van der Waals surface area contributed by atoms with E-state index in [0.717, 1.165) is 21.0 Å². The minimum Gasteiger partial charge on any atom is -0.467 e. The second-order valence-corrected chi connectivity index (χ2v) is 6.40. The minimum absolute atomic E-state index is 0.234. The highest BCUT2D eigenvalue weighted by molar-refractivity contribution is 5.77. The molecule has 10 heteroatoms. The third-order valence-electron chi connectivity index (χ3n) is 4.19. The van der Waals surface area contributed by atoms with Crippen molar-refractivity contribution in [1.29, 1.82) is 0 Å². The highest BCUT2D eigenvalue weighted by atomic mass is 16.7. The Kier molecular flexibility index (Phi) is 9.33. The number of rotatable bonds is 8. The van der Waals surface area contributed by atoms with Gasteiger partial charge in [0.2, 0.25) is 5.91 Å². The minimum atomic E-state index is -1.40. The van der Waals surface area contributed by atoms with Gasteiger partial charge in [-0.1, -0.05) is 13.8 Å². The summed E-state index contributed by atoms with van der Waals surface area (Å²) in [6.45, 7) is 7.39. The first-order chi connectivity index (χ1) is 13.1. The van der Waals surface area contributed by atoms with E-state index in [1.54, 1.807) is 0 Å². The second kappa shape index (κ2) is 11.0.